The Balaban J connectivity index is 1.36. The minimum Gasteiger partial charge on any atom is -0.345 e. The molecular weight excluding hydrogens is 369 g/mol. The van der Waals surface area contributed by atoms with E-state index in [9.17, 15) is 14.0 Å². The van der Waals surface area contributed by atoms with Gasteiger partial charge in [-0.25, -0.2) is 4.39 Å². The molecule has 2 amide bonds. The molecular formula is C23H34FN3O2. The molecule has 0 aliphatic carbocycles. The molecule has 2 aliphatic heterocycles. The summed E-state index contributed by atoms with van der Waals surface area (Å²) in [5.41, 5.74) is 0.776. The number of nitrogens with zero attached hydrogens (tertiary/aromatic N) is 3. The molecule has 160 valence electrons. The fourth-order valence-electron chi connectivity index (χ4n) is 4.52. The molecule has 1 aromatic carbocycles. The Kier molecular flexibility index (Phi) is 8.04. The largest absolute Gasteiger partial charge is 0.345 e. The lowest BCUT2D eigenvalue weighted by Crippen LogP contribution is -2.42. The predicted molar refractivity (Wildman–Crippen MR) is 112 cm³/mol. The van der Waals surface area contributed by atoms with Crippen molar-refractivity contribution in [2.45, 2.75) is 44.9 Å². The number of carbonyl (C=O) groups is 2. The van der Waals surface area contributed by atoms with Crippen molar-refractivity contribution in [2.75, 3.05) is 46.3 Å². The van der Waals surface area contributed by atoms with Gasteiger partial charge in [0.2, 0.25) is 11.8 Å². The molecule has 0 spiro atoms. The topological polar surface area (TPSA) is 43.9 Å². The molecule has 0 unspecified atom stereocenters. The van der Waals surface area contributed by atoms with Crippen LogP contribution in [-0.2, 0) is 16.0 Å². The van der Waals surface area contributed by atoms with Crippen LogP contribution in [0, 0.1) is 11.7 Å². The summed E-state index contributed by atoms with van der Waals surface area (Å²) in [6.07, 6.45) is 5.84. The van der Waals surface area contributed by atoms with Crippen molar-refractivity contribution >= 4 is 11.8 Å². The Morgan fingerprint density at radius 2 is 2.03 bits per heavy atom. The zero-order valence-corrected chi connectivity index (χ0v) is 17.6. The Bertz CT molecular complexity index is 696. The quantitative estimate of drug-likeness (QED) is 0.637. The molecule has 2 fully saturated rings. The summed E-state index contributed by atoms with van der Waals surface area (Å²) in [7, 11) is 1.89. The highest BCUT2D eigenvalue weighted by atomic mass is 19.1. The third-order valence-corrected chi connectivity index (χ3v) is 6.21. The maximum Gasteiger partial charge on any atom is 0.222 e. The summed E-state index contributed by atoms with van der Waals surface area (Å²) in [6, 6.07) is 7.00. The molecule has 6 heteroatoms. The molecule has 2 aliphatic rings. The lowest BCUT2D eigenvalue weighted by atomic mass is 9.97. The van der Waals surface area contributed by atoms with E-state index in [1.165, 1.54) is 6.07 Å². The van der Waals surface area contributed by atoms with Crippen LogP contribution in [0.2, 0.25) is 0 Å². The molecule has 0 aromatic heterocycles. The average Bonchev–Trinajstić information content (AvgIpc) is 3.12. The number of piperidine rings is 1. The van der Waals surface area contributed by atoms with Crippen LogP contribution in [0.4, 0.5) is 4.39 Å². The Morgan fingerprint density at radius 3 is 2.79 bits per heavy atom. The zero-order chi connectivity index (χ0) is 20.6. The van der Waals surface area contributed by atoms with Crippen LogP contribution < -0.4 is 0 Å². The number of amides is 2. The number of rotatable bonds is 9. The van der Waals surface area contributed by atoms with Crippen molar-refractivity contribution in [3.05, 3.63) is 35.6 Å². The minimum absolute atomic E-state index is 0.123. The van der Waals surface area contributed by atoms with Crippen molar-refractivity contribution in [3.63, 3.8) is 0 Å². The highest BCUT2D eigenvalue weighted by Crippen LogP contribution is 2.19. The lowest BCUT2D eigenvalue weighted by Gasteiger charge is -2.34. The van der Waals surface area contributed by atoms with Crippen LogP contribution in [0.5, 0.6) is 0 Å². The number of halogens is 1. The summed E-state index contributed by atoms with van der Waals surface area (Å²) in [4.78, 5) is 30.2. The second kappa shape index (κ2) is 10.7. The maximum atomic E-state index is 13.8. The fraction of sp³-hybridized carbons (Fsp3) is 0.652. The van der Waals surface area contributed by atoms with Gasteiger partial charge in [-0.1, -0.05) is 18.2 Å². The van der Waals surface area contributed by atoms with Crippen LogP contribution in [0.25, 0.3) is 0 Å². The van der Waals surface area contributed by atoms with E-state index >= 15 is 0 Å². The predicted octanol–water partition coefficient (Wildman–Crippen LogP) is 2.94. The first-order chi connectivity index (χ1) is 14.0. The van der Waals surface area contributed by atoms with Crippen LogP contribution >= 0.6 is 0 Å². The second-order valence-electron chi connectivity index (χ2n) is 8.51. The van der Waals surface area contributed by atoms with Gasteiger partial charge in [-0.05, 0) is 56.2 Å². The monoisotopic (exact) mass is 403 g/mol. The molecule has 2 heterocycles. The van der Waals surface area contributed by atoms with Gasteiger partial charge in [-0.15, -0.1) is 0 Å². The zero-order valence-electron chi connectivity index (χ0n) is 17.6. The number of hydrogen-bond donors (Lipinski definition) is 0. The van der Waals surface area contributed by atoms with E-state index in [0.29, 0.717) is 25.3 Å². The summed E-state index contributed by atoms with van der Waals surface area (Å²) in [5, 5.41) is 0. The van der Waals surface area contributed by atoms with Crippen molar-refractivity contribution in [1.82, 2.24) is 14.7 Å². The van der Waals surface area contributed by atoms with E-state index in [4.69, 9.17) is 0 Å². The second-order valence-corrected chi connectivity index (χ2v) is 8.51. The van der Waals surface area contributed by atoms with Gasteiger partial charge < -0.3 is 14.7 Å². The van der Waals surface area contributed by atoms with Gasteiger partial charge in [-0.2, -0.15) is 0 Å². The first-order valence-corrected chi connectivity index (χ1v) is 11.0. The van der Waals surface area contributed by atoms with E-state index in [0.717, 1.165) is 70.4 Å². The molecule has 0 radical (unpaired) electrons. The third-order valence-electron chi connectivity index (χ3n) is 6.21. The molecule has 0 saturated carbocycles. The number of hydrogen-bond acceptors (Lipinski definition) is 3. The normalized spacial score (nSPS) is 20.3. The van der Waals surface area contributed by atoms with Crippen LogP contribution in [0.15, 0.2) is 24.3 Å². The highest BCUT2D eigenvalue weighted by molar-refractivity contribution is 5.78. The number of benzene rings is 1. The molecule has 3 rings (SSSR count). The SMILES string of the molecule is CN(C[C@@H]1CCCN(CCc2ccccc2F)C1)C(=O)CCCN1CCCC1=O. The van der Waals surface area contributed by atoms with E-state index in [-0.39, 0.29) is 17.6 Å². The Labute approximate surface area is 173 Å². The number of carbonyl (C=O) groups excluding carboxylic acids is 2. The first-order valence-electron chi connectivity index (χ1n) is 11.0. The smallest absolute Gasteiger partial charge is 0.222 e. The first kappa shape index (κ1) is 21.8. The third kappa shape index (κ3) is 6.53. The van der Waals surface area contributed by atoms with E-state index < -0.39 is 0 Å². The summed E-state index contributed by atoms with van der Waals surface area (Å²) >= 11 is 0. The molecule has 2 saturated heterocycles. The lowest BCUT2D eigenvalue weighted by molar-refractivity contribution is -0.132. The highest BCUT2D eigenvalue weighted by Gasteiger charge is 2.23. The van der Waals surface area contributed by atoms with E-state index in [1.807, 2.05) is 29.0 Å². The van der Waals surface area contributed by atoms with Crippen LogP contribution in [0.1, 0.15) is 44.1 Å². The van der Waals surface area contributed by atoms with Gasteiger partial charge in [0.25, 0.3) is 0 Å². The van der Waals surface area contributed by atoms with Crippen molar-refractivity contribution < 1.29 is 14.0 Å². The van der Waals surface area contributed by atoms with Gasteiger partial charge in [-0.3, -0.25) is 9.59 Å². The molecule has 5 nitrogen and oxygen atoms in total. The van der Waals surface area contributed by atoms with Crippen LogP contribution in [0.3, 0.4) is 0 Å². The van der Waals surface area contributed by atoms with Crippen LogP contribution in [-0.4, -0.2) is 72.8 Å². The maximum absolute atomic E-state index is 13.8. The van der Waals surface area contributed by atoms with Crippen molar-refractivity contribution in [1.29, 1.82) is 0 Å². The van der Waals surface area contributed by atoms with Gasteiger partial charge >= 0.3 is 0 Å². The standard InChI is InChI=1S/C23H34FN3O2/c1-25(22(28)10-5-14-27-15-6-11-23(27)29)17-19-7-4-13-26(18-19)16-12-20-8-2-3-9-21(20)24/h2-3,8-9,19H,4-7,10-18H2,1H3/t19-/m0/s1. The van der Waals surface area contributed by atoms with Crippen molar-refractivity contribution in [3.8, 4) is 0 Å². The summed E-state index contributed by atoms with van der Waals surface area (Å²) in [6.45, 7) is 5.19. The average molecular weight is 404 g/mol. The van der Waals surface area contributed by atoms with Gasteiger partial charge in [0, 0.05) is 52.6 Å². The Hall–Kier alpha value is -1.95. The summed E-state index contributed by atoms with van der Waals surface area (Å²) in [5.74, 6) is 0.740. The number of likely N-dealkylation sites (tertiary alicyclic amines) is 2. The van der Waals surface area contributed by atoms with Gasteiger partial charge in [0.1, 0.15) is 5.82 Å². The molecule has 1 aromatic rings. The molecule has 1 atom stereocenters. The summed E-state index contributed by atoms with van der Waals surface area (Å²) < 4.78 is 13.8. The van der Waals surface area contributed by atoms with E-state index in [1.54, 1.807) is 6.07 Å². The molecule has 29 heavy (non-hydrogen) atoms. The fourth-order valence-corrected chi connectivity index (χ4v) is 4.52. The molecule has 0 N–H and O–H groups in total. The van der Waals surface area contributed by atoms with Gasteiger partial charge in [0.15, 0.2) is 0 Å². The minimum atomic E-state index is -0.123. The van der Waals surface area contributed by atoms with Gasteiger partial charge in [0.05, 0.1) is 0 Å². The Morgan fingerprint density at radius 1 is 1.21 bits per heavy atom. The van der Waals surface area contributed by atoms with Crippen molar-refractivity contribution in [2.24, 2.45) is 5.92 Å². The van der Waals surface area contributed by atoms with E-state index in [2.05, 4.69) is 4.90 Å². The molecule has 0 bridgehead atoms.